The van der Waals surface area contributed by atoms with Crippen molar-refractivity contribution in [1.29, 1.82) is 0 Å². The molecule has 0 saturated heterocycles. The Morgan fingerprint density at radius 2 is 2.05 bits per heavy atom. The molecule has 2 aromatic rings. The molecule has 5 nitrogen and oxygen atoms in total. The second kappa shape index (κ2) is 4.76. The first-order valence-electron chi connectivity index (χ1n) is 6.03. The quantitative estimate of drug-likeness (QED) is 0.642. The van der Waals surface area contributed by atoms with E-state index in [0.717, 1.165) is 21.5 Å². The Bertz CT molecular complexity index is 623. The molecule has 0 radical (unpaired) electrons. The Labute approximate surface area is 111 Å². The molecule has 5 heteroatoms. The van der Waals surface area contributed by atoms with Crippen LogP contribution in [-0.4, -0.2) is 32.9 Å². The van der Waals surface area contributed by atoms with E-state index in [2.05, 4.69) is 10.1 Å². The molecule has 0 unspecified atom stereocenters. The summed E-state index contributed by atoms with van der Waals surface area (Å²) in [7, 11) is 0. The van der Waals surface area contributed by atoms with E-state index >= 15 is 0 Å². The van der Waals surface area contributed by atoms with Gasteiger partial charge in [-0.2, -0.15) is 10.1 Å². The third kappa shape index (κ3) is 2.76. The summed E-state index contributed by atoms with van der Waals surface area (Å²) < 4.78 is 0. The monoisotopic (exact) mass is 259 g/mol. The minimum atomic E-state index is -1.07. The molecular formula is C14H17N3O2. The van der Waals surface area contributed by atoms with Crippen molar-refractivity contribution >= 4 is 23.2 Å². The standard InChI is InChI=1S/C14H17N3O2/c1-14(2,3)17(13(18)19)16-9-10-8-15-12-7-5-4-6-11(10)12/h4-9,15H,1-3H3,(H,18,19). The van der Waals surface area contributed by atoms with E-state index in [0.29, 0.717) is 0 Å². The van der Waals surface area contributed by atoms with Crippen LogP contribution in [0.25, 0.3) is 10.9 Å². The third-order valence-electron chi connectivity index (χ3n) is 2.75. The van der Waals surface area contributed by atoms with Crippen molar-refractivity contribution in [2.45, 2.75) is 26.3 Å². The highest BCUT2D eigenvalue weighted by Gasteiger charge is 2.25. The van der Waals surface area contributed by atoms with Crippen LogP contribution in [0.15, 0.2) is 35.6 Å². The number of H-pyrrole nitrogens is 1. The van der Waals surface area contributed by atoms with Gasteiger partial charge in [0.2, 0.25) is 0 Å². The summed E-state index contributed by atoms with van der Waals surface area (Å²) in [4.78, 5) is 14.3. The molecule has 0 atom stereocenters. The van der Waals surface area contributed by atoms with Crippen molar-refractivity contribution in [3.63, 3.8) is 0 Å². The fourth-order valence-corrected chi connectivity index (χ4v) is 1.83. The Balaban J connectivity index is 2.34. The lowest BCUT2D eigenvalue weighted by atomic mass is 10.1. The summed E-state index contributed by atoms with van der Waals surface area (Å²) in [5.74, 6) is 0. The summed E-state index contributed by atoms with van der Waals surface area (Å²) in [6.07, 6.45) is 2.32. The van der Waals surface area contributed by atoms with E-state index in [9.17, 15) is 4.79 Å². The number of hydrogen-bond donors (Lipinski definition) is 2. The lowest BCUT2D eigenvalue weighted by Crippen LogP contribution is -2.41. The predicted molar refractivity (Wildman–Crippen MR) is 75.5 cm³/mol. The zero-order valence-electron chi connectivity index (χ0n) is 11.2. The molecule has 0 aliphatic rings. The first-order valence-corrected chi connectivity index (χ1v) is 6.03. The maximum atomic E-state index is 11.2. The summed E-state index contributed by atoms with van der Waals surface area (Å²) in [6, 6.07) is 7.81. The number of fused-ring (bicyclic) bond motifs is 1. The number of aromatic nitrogens is 1. The van der Waals surface area contributed by atoms with E-state index in [1.165, 1.54) is 0 Å². The number of amides is 1. The van der Waals surface area contributed by atoms with Gasteiger partial charge in [0.25, 0.3) is 0 Å². The Morgan fingerprint density at radius 1 is 1.37 bits per heavy atom. The second-order valence-corrected chi connectivity index (χ2v) is 5.30. The van der Waals surface area contributed by atoms with Crippen LogP contribution < -0.4 is 0 Å². The molecule has 19 heavy (non-hydrogen) atoms. The van der Waals surface area contributed by atoms with Gasteiger partial charge in [0.15, 0.2) is 0 Å². The molecule has 100 valence electrons. The molecule has 0 spiro atoms. The molecule has 1 aromatic carbocycles. The third-order valence-corrected chi connectivity index (χ3v) is 2.75. The highest BCUT2D eigenvalue weighted by atomic mass is 16.4. The van der Waals surface area contributed by atoms with Gasteiger partial charge in [-0.3, -0.25) is 0 Å². The number of carboxylic acid groups (broad SMARTS) is 1. The van der Waals surface area contributed by atoms with Crippen LogP contribution in [0, 0.1) is 0 Å². The maximum absolute atomic E-state index is 11.2. The van der Waals surface area contributed by atoms with E-state index in [1.807, 2.05) is 30.5 Å². The largest absolute Gasteiger partial charge is 0.464 e. The maximum Gasteiger partial charge on any atom is 0.428 e. The van der Waals surface area contributed by atoms with Crippen molar-refractivity contribution in [2.75, 3.05) is 0 Å². The summed E-state index contributed by atoms with van der Waals surface area (Å²) in [5.41, 5.74) is 1.29. The summed E-state index contributed by atoms with van der Waals surface area (Å²) in [5, 5.41) is 15.3. The predicted octanol–water partition coefficient (Wildman–Crippen LogP) is 3.28. The zero-order chi connectivity index (χ0) is 14.0. The number of benzene rings is 1. The molecule has 0 aliphatic heterocycles. The van der Waals surface area contributed by atoms with E-state index in [1.54, 1.807) is 27.0 Å². The average Bonchev–Trinajstić information content (AvgIpc) is 2.71. The van der Waals surface area contributed by atoms with Crippen molar-refractivity contribution in [2.24, 2.45) is 5.10 Å². The van der Waals surface area contributed by atoms with Crippen LogP contribution in [0.1, 0.15) is 26.3 Å². The topological polar surface area (TPSA) is 68.7 Å². The minimum Gasteiger partial charge on any atom is -0.464 e. The van der Waals surface area contributed by atoms with Crippen molar-refractivity contribution in [3.05, 3.63) is 36.0 Å². The van der Waals surface area contributed by atoms with Gasteiger partial charge < -0.3 is 10.1 Å². The zero-order valence-corrected chi connectivity index (χ0v) is 11.2. The van der Waals surface area contributed by atoms with Crippen LogP contribution in [0.2, 0.25) is 0 Å². The highest BCUT2D eigenvalue weighted by molar-refractivity contribution is 5.99. The summed E-state index contributed by atoms with van der Waals surface area (Å²) in [6.45, 7) is 5.40. The Hall–Kier alpha value is -2.30. The van der Waals surface area contributed by atoms with Gasteiger partial charge in [0.05, 0.1) is 11.8 Å². The second-order valence-electron chi connectivity index (χ2n) is 5.30. The van der Waals surface area contributed by atoms with E-state index in [4.69, 9.17) is 5.11 Å². The molecule has 0 aliphatic carbocycles. The van der Waals surface area contributed by atoms with Crippen molar-refractivity contribution in [3.8, 4) is 0 Å². The number of hydrazone groups is 1. The number of carbonyl (C=O) groups is 1. The van der Waals surface area contributed by atoms with Gasteiger partial charge in [0, 0.05) is 22.7 Å². The van der Waals surface area contributed by atoms with Crippen LogP contribution in [0.3, 0.4) is 0 Å². The molecule has 1 amide bonds. The molecule has 0 fully saturated rings. The normalized spacial score (nSPS) is 12.2. The number of nitrogens with zero attached hydrogens (tertiary/aromatic N) is 2. The number of aromatic amines is 1. The van der Waals surface area contributed by atoms with Gasteiger partial charge in [-0.25, -0.2) is 4.79 Å². The first-order chi connectivity index (χ1) is 8.89. The lowest BCUT2D eigenvalue weighted by Gasteiger charge is -2.27. The summed E-state index contributed by atoms with van der Waals surface area (Å²) >= 11 is 0. The molecule has 0 saturated carbocycles. The fourth-order valence-electron chi connectivity index (χ4n) is 1.83. The first kappa shape index (κ1) is 13.1. The average molecular weight is 259 g/mol. The van der Waals surface area contributed by atoms with E-state index in [-0.39, 0.29) is 0 Å². The number of rotatable bonds is 2. The SMILES string of the molecule is CC(C)(C)N(N=Cc1c[nH]c2ccccc12)C(=O)O. The van der Waals surface area contributed by atoms with Crippen LogP contribution in [-0.2, 0) is 0 Å². The number of nitrogens with one attached hydrogen (secondary N) is 1. The molecule has 1 aromatic heterocycles. The van der Waals surface area contributed by atoms with Crippen molar-refractivity contribution in [1.82, 2.24) is 9.99 Å². The highest BCUT2D eigenvalue weighted by Crippen LogP contribution is 2.17. The van der Waals surface area contributed by atoms with Crippen LogP contribution in [0.5, 0.6) is 0 Å². The lowest BCUT2D eigenvalue weighted by molar-refractivity contribution is 0.103. The van der Waals surface area contributed by atoms with Crippen LogP contribution >= 0.6 is 0 Å². The smallest absolute Gasteiger partial charge is 0.428 e. The minimum absolute atomic E-state index is 0.575. The molecular weight excluding hydrogens is 242 g/mol. The number of para-hydroxylation sites is 1. The van der Waals surface area contributed by atoms with Gasteiger partial charge >= 0.3 is 6.09 Å². The van der Waals surface area contributed by atoms with Gasteiger partial charge in [-0.15, -0.1) is 0 Å². The fraction of sp³-hybridized carbons (Fsp3) is 0.286. The molecule has 2 rings (SSSR count). The molecule has 0 bridgehead atoms. The van der Waals surface area contributed by atoms with Gasteiger partial charge in [-0.1, -0.05) is 18.2 Å². The Morgan fingerprint density at radius 3 is 2.68 bits per heavy atom. The Kier molecular flexibility index (Phi) is 3.29. The van der Waals surface area contributed by atoms with Crippen LogP contribution in [0.4, 0.5) is 4.79 Å². The number of hydrogen-bond acceptors (Lipinski definition) is 2. The molecule has 2 N–H and O–H groups in total. The molecule has 1 heterocycles. The van der Waals surface area contributed by atoms with Gasteiger partial charge in [-0.05, 0) is 26.8 Å². The van der Waals surface area contributed by atoms with Crippen molar-refractivity contribution < 1.29 is 9.90 Å². The van der Waals surface area contributed by atoms with E-state index < -0.39 is 11.6 Å². The van der Waals surface area contributed by atoms with Gasteiger partial charge in [0.1, 0.15) is 0 Å².